The average Bonchev–Trinajstić information content (AvgIpc) is 2.77. The first kappa shape index (κ1) is 14.1. The molecule has 0 saturated heterocycles. The Morgan fingerprint density at radius 2 is 2.16 bits per heavy atom. The van der Waals surface area contributed by atoms with Crippen molar-refractivity contribution in [1.29, 1.82) is 0 Å². The number of nitrogens with two attached hydrogens (primary N) is 1. The largest absolute Gasteiger partial charge is 0.383 e. The second-order valence-corrected chi connectivity index (χ2v) is 4.86. The summed E-state index contributed by atoms with van der Waals surface area (Å²) in [6.45, 7) is 1.35. The van der Waals surface area contributed by atoms with Crippen LogP contribution in [0.5, 0.6) is 0 Å². The molecule has 0 fully saturated rings. The number of ether oxygens (including phenoxy) is 1. The third kappa shape index (κ3) is 3.17. The topological polar surface area (TPSA) is 66.0 Å². The fourth-order valence-electron chi connectivity index (χ4n) is 1.80. The summed E-state index contributed by atoms with van der Waals surface area (Å²) in [7, 11) is 1.62. The molecule has 1 aromatic carbocycles. The second kappa shape index (κ2) is 6.23. The number of hydrogen-bond donors (Lipinski definition) is 1. The summed E-state index contributed by atoms with van der Waals surface area (Å²) >= 11 is 3.26. The molecule has 0 aliphatic carbocycles. The standard InChI is InChI=1S/C12H14BrFN4O/c1-19-3-2-18-11(7-15)16-17-12(18)8-4-9(13)6-10(14)5-8/h4-6H,2-3,7,15H2,1H3. The summed E-state index contributed by atoms with van der Waals surface area (Å²) in [6.07, 6.45) is 0. The molecule has 2 N–H and O–H groups in total. The molecule has 0 aliphatic heterocycles. The number of hydrogen-bond acceptors (Lipinski definition) is 4. The minimum absolute atomic E-state index is 0.271. The molecule has 102 valence electrons. The normalized spacial score (nSPS) is 10.9. The third-order valence-corrected chi connectivity index (χ3v) is 3.11. The SMILES string of the molecule is COCCn1c(CN)nnc1-c1cc(F)cc(Br)c1. The third-order valence-electron chi connectivity index (χ3n) is 2.65. The van der Waals surface area contributed by atoms with Crippen LogP contribution in [-0.2, 0) is 17.8 Å². The quantitative estimate of drug-likeness (QED) is 0.911. The van der Waals surface area contributed by atoms with E-state index >= 15 is 0 Å². The summed E-state index contributed by atoms with van der Waals surface area (Å²) < 4.78 is 21.0. The zero-order valence-electron chi connectivity index (χ0n) is 10.4. The fraction of sp³-hybridized carbons (Fsp3) is 0.333. The molecule has 1 aromatic heterocycles. The van der Waals surface area contributed by atoms with Crippen LogP contribution in [0.4, 0.5) is 4.39 Å². The molecule has 7 heteroatoms. The zero-order chi connectivity index (χ0) is 13.8. The smallest absolute Gasteiger partial charge is 0.164 e. The van der Waals surface area contributed by atoms with Gasteiger partial charge in [0.25, 0.3) is 0 Å². The summed E-state index contributed by atoms with van der Waals surface area (Å²) in [5.41, 5.74) is 6.27. The van der Waals surface area contributed by atoms with Gasteiger partial charge in [-0.2, -0.15) is 0 Å². The highest BCUT2D eigenvalue weighted by molar-refractivity contribution is 9.10. The Kier molecular flexibility index (Phi) is 4.62. The van der Waals surface area contributed by atoms with E-state index in [9.17, 15) is 4.39 Å². The zero-order valence-corrected chi connectivity index (χ0v) is 12.0. The van der Waals surface area contributed by atoms with Crippen molar-refractivity contribution in [2.24, 2.45) is 5.73 Å². The number of aromatic nitrogens is 3. The van der Waals surface area contributed by atoms with Crippen LogP contribution in [0.15, 0.2) is 22.7 Å². The van der Waals surface area contributed by atoms with E-state index in [-0.39, 0.29) is 12.4 Å². The highest BCUT2D eigenvalue weighted by Crippen LogP contribution is 2.24. The number of methoxy groups -OCH3 is 1. The van der Waals surface area contributed by atoms with Crippen molar-refractivity contribution in [3.63, 3.8) is 0 Å². The van der Waals surface area contributed by atoms with E-state index in [1.54, 1.807) is 13.2 Å². The first-order valence-corrected chi connectivity index (χ1v) is 6.52. The Bertz CT molecular complexity index is 553. The predicted octanol–water partition coefficient (Wildman–Crippen LogP) is 1.95. The average molecular weight is 329 g/mol. The second-order valence-electron chi connectivity index (χ2n) is 3.95. The molecule has 0 unspecified atom stereocenters. The minimum Gasteiger partial charge on any atom is -0.383 e. The molecule has 0 bridgehead atoms. The molecular weight excluding hydrogens is 315 g/mol. The van der Waals surface area contributed by atoms with Crippen LogP contribution in [0.1, 0.15) is 5.82 Å². The van der Waals surface area contributed by atoms with Crippen molar-refractivity contribution >= 4 is 15.9 Å². The highest BCUT2D eigenvalue weighted by atomic mass is 79.9. The van der Waals surface area contributed by atoms with Gasteiger partial charge in [0, 0.05) is 23.7 Å². The van der Waals surface area contributed by atoms with Gasteiger partial charge in [0.05, 0.1) is 13.2 Å². The molecule has 0 aliphatic rings. The molecule has 0 atom stereocenters. The maximum atomic E-state index is 13.4. The molecular formula is C12H14BrFN4O. The van der Waals surface area contributed by atoms with Gasteiger partial charge in [0.15, 0.2) is 5.82 Å². The van der Waals surface area contributed by atoms with Gasteiger partial charge in [0.2, 0.25) is 0 Å². The molecule has 19 heavy (non-hydrogen) atoms. The predicted molar refractivity (Wildman–Crippen MR) is 72.9 cm³/mol. The van der Waals surface area contributed by atoms with Crippen LogP contribution in [0, 0.1) is 5.82 Å². The Morgan fingerprint density at radius 1 is 1.37 bits per heavy atom. The number of nitrogens with zero attached hydrogens (tertiary/aromatic N) is 3. The van der Waals surface area contributed by atoms with Crippen molar-refractivity contribution in [2.45, 2.75) is 13.1 Å². The van der Waals surface area contributed by atoms with Crippen molar-refractivity contribution < 1.29 is 9.13 Å². The van der Waals surface area contributed by atoms with Gasteiger partial charge >= 0.3 is 0 Å². The van der Waals surface area contributed by atoms with E-state index in [0.717, 1.165) is 0 Å². The van der Waals surface area contributed by atoms with Crippen LogP contribution >= 0.6 is 15.9 Å². The van der Waals surface area contributed by atoms with Gasteiger partial charge in [-0.05, 0) is 18.2 Å². The molecule has 0 amide bonds. The lowest BCUT2D eigenvalue weighted by atomic mass is 10.2. The van der Waals surface area contributed by atoms with Gasteiger partial charge in [-0.25, -0.2) is 4.39 Å². The van der Waals surface area contributed by atoms with Crippen molar-refractivity contribution in [1.82, 2.24) is 14.8 Å². The fourth-order valence-corrected chi connectivity index (χ4v) is 2.27. The van der Waals surface area contributed by atoms with Gasteiger partial charge in [-0.15, -0.1) is 10.2 Å². The first-order chi connectivity index (χ1) is 9.15. The monoisotopic (exact) mass is 328 g/mol. The van der Waals surface area contributed by atoms with E-state index in [4.69, 9.17) is 10.5 Å². The minimum atomic E-state index is -0.333. The van der Waals surface area contributed by atoms with Gasteiger partial charge in [-0.3, -0.25) is 0 Å². The van der Waals surface area contributed by atoms with Gasteiger partial charge in [-0.1, -0.05) is 15.9 Å². The summed E-state index contributed by atoms with van der Waals surface area (Å²) in [5, 5.41) is 8.10. The van der Waals surface area contributed by atoms with Crippen LogP contribution < -0.4 is 5.73 Å². The molecule has 0 spiro atoms. The van der Waals surface area contributed by atoms with E-state index in [0.29, 0.717) is 34.8 Å². The van der Waals surface area contributed by atoms with Crippen LogP contribution in [-0.4, -0.2) is 28.5 Å². The van der Waals surface area contributed by atoms with Gasteiger partial charge < -0.3 is 15.0 Å². The maximum absolute atomic E-state index is 13.4. The molecule has 2 aromatic rings. The van der Waals surface area contributed by atoms with Crippen molar-refractivity contribution in [2.75, 3.05) is 13.7 Å². The molecule has 0 radical (unpaired) electrons. The maximum Gasteiger partial charge on any atom is 0.164 e. The number of benzene rings is 1. The highest BCUT2D eigenvalue weighted by Gasteiger charge is 2.13. The molecule has 0 saturated carbocycles. The molecule has 2 rings (SSSR count). The molecule has 5 nitrogen and oxygen atoms in total. The number of halogens is 2. The lowest BCUT2D eigenvalue weighted by molar-refractivity contribution is 0.186. The van der Waals surface area contributed by atoms with E-state index in [2.05, 4.69) is 26.1 Å². The Hall–Kier alpha value is -1.31. The lowest BCUT2D eigenvalue weighted by Crippen LogP contribution is -2.12. The lowest BCUT2D eigenvalue weighted by Gasteiger charge is -2.09. The van der Waals surface area contributed by atoms with E-state index < -0.39 is 0 Å². The summed E-state index contributed by atoms with van der Waals surface area (Å²) in [6, 6.07) is 4.60. The van der Waals surface area contributed by atoms with E-state index in [1.165, 1.54) is 12.1 Å². The Balaban J connectivity index is 2.45. The van der Waals surface area contributed by atoms with Crippen LogP contribution in [0.25, 0.3) is 11.4 Å². The Morgan fingerprint density at radius 3 is 2.79 bits per heavy atom. The first-order valence-electron chi connectivity index (χ1n) is 5.73. The molecule has 1 heterocycles. The van der Waals surface area contributed by atoms with Crippen molar-refractivity contribution in [3.8, 4) is 11.4 Å². The Labute approximate surface area is 118 Å². The van der Waals surface area contributed by atoms with Crippen LogP contribution in [0.3, 0.4) is 0 Å². The summed E-state index contributed by atoms with van der Waals surface area (Å²) in [4.78, 5) is 0. The summed E-state index contributed by atoms with van der Waals surface area (Å²) in [5.74, 6) is 0.894. The van der Waals surface area contributed by atoms with Crippen LogP contribution in [0.2, 0.25) is 0 Å². The van der Waals surface area contributed by atoms with Gasteiger partial charge in [0.1, 0.15) is 11.6 Å². The van der Waals surface area contributed by atoms with E-state index in [1.807, 2.05) is 4.57 Å². The number of rotatable bonds is 5. The van der Waals surface area contributed by atoms with Crippen molar-refractivity contribution in [3.05, 3.63) is 34.3 Å².